The van der Waals surface area contributed by atoms with Crippen LogP contribution >= 0.6 is 0 Å². The van der Waals surface area contributed by atoms with Gasteiger partial charge in [-0.1, -0.05) is 37.3 Å². The van der Waals surface area contributed by atoms with Crippen LogP contribution in [0.3, 0.4) is 0 Å². The van der Waals surface area contributed by atoms with Crippen LogP contribution in [0.5, 0.6) is 5.75 Å². The van der Waals surface area contributed by atoms with Gasteiger partial charge in [0.1, 0.15) is 17.5 Å². The Morgan fingerprint density at radius 2 is 1.66 bits per heavy atom. The third-order valence-electron chi connectivity index (χ3n) is 8.83. The van der Waals surface area contributed by atoms with Gasteiger partial charge in [0, 0.05) is 43.1 Å². The van der Waals surface area contributed by atoms with Crippen molar-refractivity contribution < 1.29 is 14.3 Å². The molecular weight excluding hydrogens is 510 g/mol. The molecule has 2 aromatic carbocycles. The molecule has 1 amide bonds. The second kappa shape index (κ2) is 11.5. The van der Waals surface area contributed by atoms with E-state index >= 15 is 0 Å². The predicted octanol–water partition coefficient (Wildman–Crippen LogP) is 7.36. The summed E-state index contributed by atoms with van der Waals surface area (Å²) in [6.45, 7) is 9.58. The number of aromatic nitrogens is 1. The third kappa shape index (κ3) is 6.43. The van der Waals surface area contributed by atoms with Gasteiger partial charge in [-0.3, -0.25) is 4.98 Å². The van der Waals surface area contributed by atoms with E-state index in [1.54, 1.807) is 0 Å². The van der Waals surface area contributed by atoms with E-state index in [0.717, 1.165) is 57.4 Å². The number of ether oxygens (including phenoxy) is 2. The van der Waals surface area contributed by atoms with Crippen LogP contribution in [0.25, 0.3) is 22.3 Å². The third-order valence-corrected chi connectivity index (χ3v) is 8.83. The van der Waals surface area contributed by atoms with E-state index in [-0.39, 0.29) is 12.2 Å². The smallest absolute Gasteiger partial charge is 0.410 e. The Balaban J connectivity index is 0.994. The molecule has 0 bridgehead atoms. The van der Waals surface area contributed by atoms with Gasteiger partial charge in [-0.05, 0) is 111 Å². The quantitative estimate of drug-likeness (QED) is 0.358. The maximum atomic E-state index is 12.3. The summed E-state index contributed by atoms with van der Waals surface area (Å²) in [5.74, 6) is 1.45. The summed E-state index contributed by atoms with van der Waals surface area (Å²) in [6.07, 6.45) is 10.2. The summed E-state index contributed by atoms with van der Waals surface area (Å²) < 4.78 is 11.8. The molecule has 41 heavy (non-hydrogen) atoms. The molecule has 2 fully saturated rings. The molecule has 6 rings (SSSR count). The van der Waals surface area contributed by atoms with Gasteiger partial charge >= 0.3 is 6.09 Å². The van der Waals surface area contributed by atoms with Crippen LogP contribution in [-0.4, -0.2) is 52.9 Å². The number of aryl methyl sites for hydroxylation is 1. The minimum Gasteiger partial charge on any atom is -0.490 e. The van der Waals surface area contributed by atoms with E-state index in [9.17, 15) is 4.79 Å². The Morgan fingerprint density at radius 1 is 0.927 bits per heavy atom. The number of carbonyl (C=O) groups excluding carboxylic acids is 1. The molecular formula is C35H43N3O3. The maximum absolute atomic E-state index is 12.3. The summed E-state index contributed by atoms with van der Waals surface area (Å²) >= 11 is 0. The van der Waals surface area contributed by atoms with Crippen LogP contribution in [0.1, 0.15) is 76.8 Å². The van der Waals surface area contributed by atoms with E-state index in [1.165, 1.54) is 33.4 Å². The summed E-state index contributed by atoms with van der Waals surface area (Å²) in [6, 6.07) is 18.6. The average Bonchev–Trinajstić information content (AvgIpc) is 3.08. The van der Waals surface area contributed by atoms with Gasteiger partial charge in [0.25, 0.3) is 0 Å². The SMILES string of the molecule is CC1CCc2ccncc2-c2ccc(-c3ccc(OC4CC(NC5CCN(C(=O)OC(C)(C)C)CC5)C4)cc3)cc21. The molecule has 1 atom stereocenters. The first kappa shape index (κ1) is 27.8. The van der Waals surface area contributed by atoms with E-state index < -0.39 is 5.60 Å². The zero-order chi connectivity index (χ0) is 28.6. The molecule has 2 heterocycles. The molecule has 3 aromatic rings. The lowest BCUT2D eigenvalue weighted by atomic mass is 9.87. The highest BCUT2D eigenvalue weighted by molar-refractivity contribution is 5.76. The number of likely N-dealkylation sites (tertiary alicyclic amines) is 1. The number of rotatable bonds is 5. The van der Waals surface area contributed by atoms with Crippen LogP contribution in [-0.2, 0) is 11.2 Å². The fourth-order valence-electron chi connectivity index (χ4n) is 6.41. The summed E-state index contributed by atoms with van der Waals surface area (Å²) in [7, 11) is 0. The minimum absolute atomic E-state index is 0.195. The number of piperidine rings is 1. The summed E-state index contributed by atoms with van der Waals surface area (Å²) in [5, 5.41) is 3.79. The van der Waals surface area contributed by atoms with E-state index in [2.05, 4.69) is 65.8 Å². The van der Waals surface area contributed by atoms with Gasteiger partial charge < -0.3 is 19.7 Å². The molecule has 1 N–H and O–H groups in total. The van der Waals surface area contributed by atoms with Gasteiger partial charge in [-0.2, -0.15) is 0 Å². The van der Waals surface area contributed by atoms with Crippen molar-refractivity contribution in [2.45, 2.75) is 95.9 Å². The molecule has 1 saturated carbocycles. The largest absolute Gasteiger partial charge is 0.490 e. The minimum atomic E-state index is -0.446. The molecule has 216 valence electrons. The lowest BCUT2D eigenvalue weighted by Crippen LogP contribution is -2.54. The fraction of sp³-hybridized carbons (Fsp3) is 0.486. The fourth-order valence-corrected chi connectivity index (χ4v) is 6.41. The van der Waals surface area contributed by atoms with Crippen LogP contribution in [0.15, 0.2) is 60.9 Å². The number of benzene rings is 2. The van der Waals surface area contributed by atoms with Crippen molar-refractivity contribution in [3.63, 3.8) is 0 Å². The predicted molar refractivity (Wildman–Crippen MR) is 163 cm³/mol. The van der Waals surface area contributed by atoms with E-state index in [1.807, 2.05) is 38.1 Å². The first-order chi connectivity index (χ1) is 19.7. The number of pyridine rings is 1. The normalized spacial score (nSPS) is 22.6. The molecule has 0 radical (unpaired) electrons. The summed E-state index contributed by atoms with van der Waals surface area (Å²) in [5.41, 5.74) is 7.44. The van der Waals surface area contributed by atoms with Crippen LogP contribution in [0.2, 0.25) is 0 Å². The van der Waals surface area contributed by atoms with Crippen LogP contribution in [0.4, 0.5) is 4.79 Å². The zero-order valence-electron chi connectivity index (χ0n) is 24.9. The number of nitrogens with one attached hydrogen (secondary N) is 1. The highest BCUT2D eigenvalue weighted by atomic mass is 16.6. The van der Waals surface area contributed by atoms with Gasteiger partial charge in [-0.25, -0.2) is 4.79 Å². The van der Waals surface area contributed by atoms with E-state index in [4.69, 9.17) is 9.47 Å². The highest BCUT2D eigenvalue weighted by Crippen LogP contribution is 2.40. The van der Waals surface area contributed by atoms with Crippen molar-refractivity contribution in [3.8, 4) is 28.0 Å². The summed E-state index contributed by atoms with van der Waals surface area (Å²) in [4.78, 5) is 18.6. The molecule has 1 unspecified atom stereocenters. The molecule has 6 heteroatoms. The monoisotopic (exact) mass is 553 g/mol. The number of amides is 1. The molecule has 3 aliphatic rings. The number of carbonyl (C=O) groups is 1. The Bertz CT molecular complexity index is 1370. The van der Waals surface area contributed by atoms with Crippen molar-refractivity contribution in [2.24, 2.45) is 0 Å². The number of nitrogens with zero attached hydrogens (tertiary/aromatic N) is 2. The average molecular weight is 554 g/mol. The van der Waals surface area contributed by atoms with Crippen LogP contribution < -0.4 is 10.1 Å². The Morgan fingerprint density at radius 3 is 2.39 bits per heavy atom. The van der Waals surface area contributed by atoms with E-state index in [0.29, 0.717) is 18.0 Å². The van der Waals surface area contributed by atoms with Crippen molar-refractivity contribution in [1.29, 1.82) is 0 Å². The first-order valence-electron chi connectivity index (χ1n) is 15.3. The van der Waals surface area contributed by atoms with Crippen molar-refractivity contribution in [3.05, 3.63) is 72.1 Å². The molecule has 2 aliphatic carbocycles. The lowest BCUT2D eigenvalue weighted by molar-refractivity contribution is 0.0180. The zero-order valence-corrected chi connectivity index (χ0v) is 24.9. The molecule has 6 nitrogen and oxygen atoms in total. The second-order valence-electron chi connectivity index (χ2n) is 13.1. The first-order valence-corrected chi connectivity index (χ1v) is 15.3. The highest BCUT2D eigenvalue weighted by Gasteiger charge is 2.34. The van der Waals surface area contributed by atoms with Gasteiger partial charge in [0.2, 0.25) is 0 Å². The molecule has 1 saturated heterocycles. The van der Waals surface area contributed by atoms with Gasteiger partial charge in [0.05, 0.1) is 0 Å². The van der Waals surface area contributed by atoms with Gasteiger partial charge in [-0.15, -0.1) is 0 Å². The topological polar surface area (TPSA) is 63.7 Å². The molecule has 1 aliphatic heterocycles. The van der Waals surface area contributed by atoms with Gasteiger partial charge in [0.15, 0.2) is 0 Å². The number of hydrogen-bond donors (Lipinski definition) is 1. The van der Waals surface area contributed by atoms with Crippen molar-refractivity contribution >= 4 is 6.09 Å². The lowest BCUT2D eigenvalue weighted by Gasteiger charge is -2.40. The standard InChI is InChI=1S/C35H43N3O3/c1-23-5-6-25-13-16-36-22-33(25)31-12-9-26(19-32(23)31)24-7-10-29(11-8-24)40-30-20-28(21-30)37-27-14-17-38(18-15-27)34(39)41-35(2,3)4/h7-13,16,19,22-23,27-28,30,37H,5-6,14-15,17-18,20-21H2,1-4H3. The maximum Gasteiger partial charge on any atom is 0.410 e. The Hall–Kier alpha value is -3.38. The van der Waals surface area contributed by atoms with Crippen LogP contribution in [0, 0.1) is 0 Å². The van der Waals surface area contributed by atoms with Crippen molar-refractivity contribution in [1.82, 2.24) is 15.2 Å². The number of hydrogen-bond acceptors (Lipinski definition) is 5. The molecule has 1 aromatic heterocycles. The van der Waals surface area contributed by atoms with Crippen molar-refractivity contribution in [2.75, 3.05) is 13.1 Å². The molecule has 0 spiro atoms. The number of fused-ring (bicyclic) bond motifs is 3. The Labute approximate surface area is 244 Å². The Kier molecular flexibility index (Phi) is 7.78. The second-order valence-corrected chi connectivity index (χ2v) is 13.1.